The quantitative estimate of drug-likeness (QED) is 0.491. The Balaban J connectivity index is 2.03. The van der Waals surface area contributed by atoms with E-state index in [9.17, 15) is 8.42 Å². The van der Waals surface area contributed by atoms with Gasteiger partial charge < -0.3 is 15.2 Å². The van der Waals surface area contributed by atoms with Crippen LogP contribution in [0.3, 0.4) is 0 Å². The van der Waals surface area contributed by atoms with Crippen LogP contribution in [0.1, 0.15) is 48.9 Å². The molecule has 0 saturated heterocycles. The number of guanidine groups is 1. The molecule has 154 valence electrons. The second-order valence-electron chi connectivity index (χ2n) is 6.67. The zero-order valence-electron chi connectivity index (χ0n) is 17.1. The van der Waals surface area contributed by atoms with Gasteiger partial charge >= 0.3 is 0 Å². The Labute approximate surface area is 167 Å². The number of aliphatic imine (C=N–C) groups is 1. The zero-order valence-corrected chi connectivity index (χ0v) is 17.9. The van der Waals surface area contributed by atoms with Crippen LogP contribution in [0.5, 0.6) is 0 Å². The van der Waals surface area contributed by atoms with Crippen LogP contribution in [0.25, 0.3) is 0 Å². The fourth-order valence-corrected chi connectivity index (χ4v) is 3.66. The molecule has 0 aliphatic rings. The molecule has 2 rings (SSSR count). The van der Waals surface area contributed by atoms with E-state index in [1.165, 1.54) is 6.26 Å². The standard InChI is InChI=1S/C20H30N4O3S/c1-5-18-17(19(6-2)27-24-18)13-23-20(21-7-3)22-12-15-8-10-16(11-9-15)14-28(4,25)26/h8-11H,5-7,12-14H2,1-4H3,(H2,21,22,23). The maximum atomic E-state index is 11.4. The smallest absolute Gasteiger partial charge is 0.191 e. The van der Waals surface area contributed by atoms with E-state index in [0.717, 1.165) is 47.5 Å². The van der Waals surface area contributed by atoms with Crippen molar-refractivity contribution in [3.05, 3.63) is 52.4 Å². The van der Waals surface area contributed by atoms with E-state index in [-0.39, 0.29) is 5.75 Å². The molecule has 8 heteroatoms. The minimum Gasteiger partial charge on any atom is -0.361 e. The molecule has 28 heavy (non-hydrogen) atoms. The average Bonchev–Trinajstić information content (AvgIpc) is 3.06. The molecule has 2 N–H and O–H groups in total. The van der Waals surface area contributed by atoms with Crippen molar-refractivity contribution in [1.82, 2.24) is 15.8 Å². The molecule has 0 fully saturated rings. The summed E-state index contributed by atoms with van der Waals surface area (Å²) in [4.78, 5) is 4.62. The molecule has 1 aromatic heterocycles. The summed E-state index contributed by atoms with van der Waals surface area (Å²) in [7, 11) is -3.02. The Bertz CT molecular complexity index is 865. The molecule has 0 spiro atoms. The SMILES string of the molecule is CCNC(=NCc1ccc(CS(C)(=O)=O)cc1)NCc1c(CC)noc1CC. The van der Waals surface area contributed by atoms with Crippen molar-refractivity contribution in [3.8, 4) is 0 Å². The number of rotatable bonds is 9. The summed E-state index contributed by atoms with van der Waals surface area (Å²) in [5, 5.41) is 10.7. The van der Waals surface area contributed by atoms with Gasteiger partial charge in [0.25, 0.3) is 0 Å². The predicted molar refractivity (Wildman–Crippen MR) is 112 cm³/mol. The van der Waals surface area contributed by atoms with Gasteiger partial charge in [-0.05, 0) is 24.5 Å². The van der Waals surface area contributed by atoms with Gasteiger partial charge in [-0.3, -0.25) is 0 Å². The minimum atomic E-state index is -3.02. The van der Waals surface area contributed by atoms with Crippen LogP contribution in [0.15, 0.2) is 33.8 Å². The lowest BCUT2D eigenvalue weighted by atomic mass is 10.1. The first-order valence-corrected chi connectivity index (χ1v) is 11.7. The largest absolute Gasteiger partial charge is 0.361 e. The fourth-order valence-electron chi connectivity index (χ4n) is 2.87. The van der Waals surface area contributed by atoms with Gasteiger partial charge in [0.1, 0.15) is 5.76 Å². The van der Waals surface area contributed by atoms with Crippen molar-refractivity contribution in [2.75, 3.05) is 12.8 Å². The van der Waals surface area contributed by atoms with Crippen molar-refractivity contribution < 1.29 is 12.9 Å². The van der Waals surface area contributed by atoms with Gasteiger partial charge in [-0.1, -0.05) is 43.3 Å². The summed E-state index contributed by atoms with van der Waals surface area (Å²) in [6, 6.07) is 7.50. The van der Waals surface area contributed by atoms with E-state index < -0.39 is 9.84 Å². The molecule has 0 bridgehead atoms. The zero-order chi connectivity index (χ0) is 20.6. The molecule has 0 amide bonds. The summed E-state index contributed by atoms with van der Waals surface area (Å²) < 4.78 is 28.2. The maximum Gasteiger partial charge on any atom is 0.191 e. The summed E-state index contributed by atoms with van der Waals surface area (Å²) in [5.41, 5.74) is 3.87. The molecule has 0 aliphatic heterocycles. The number of nitrogens with zero attached hydrogens (tertiary/aromatic N) is 2. The Morgan fingerprint density at radius 2 is 1.75 bits per heavy atom. The van der Waals surface area contributed by atoms with Crippen LogP contribution >= 0.6 is 0 Å². The minimum absolute atomic E-state index is 0.0546. The molecular formula is C20H30N4O3S. The molecule has 0 aliphatic carbocycles. The molecule has 0 saturated carbocycles. The van der Waals surface area contributed by atoms with Crippen molar-refractivity contribution in [2.24, 2.45) is 4.99 Å². The number of hydrogen-bond donors (Lipinski definition) is 2. The number of nitrogens with one attached hydrogen (secondary N) is 2. The van der Waals surface area contributed by atoms with Crippen LogP contribution in [0.2, 0.25) is 0 Å². The van der Waals surface area contributed by atoms with Crippen LogP contribution in [0, 0.1) is 0 Å². The van der Waals surface area contributed by atoms with Gasteiger partial charge in [0, 0.05) is 31.3 Å². The van der Waals surface area contributed by atoms with Gasteiger partial charge in [0.05, 0.1) is 18.0 Å². The third-order valence-electron chi connectivity index (χ3n) is 4.26. The monoisotopic (exact) mass is 406 g/mol. The van der Waals surface area contributed by atoms with Crippen LogP contribution in [-0.2, 0) is 41.5 Å². The topological polar surface area (TPSA) is 96.6 Å². The van der Waals surface area contributed by atoms with E-state index >= 15 is 0 Å². The van der Waals surface area contributed by atoms with Crippen molar-refractivity contribution in [2.45, 2.75) is 52.5 Å². The number of benzene rings is 1. The van der Waals surface area contributed by atoms with Gasteiger partial charge in [0.2, 0.25) is 0 Å². The lowest BCUT2D eigenvalue weighted by Gasteiger charge is -2.12. The summed E-state index contributed by atoms with van der Waals surface area (Å²) in [6.07, 6.45) is 2.87. The first-order chi connectivity index (χ1) is 13.4. The maximum absolute atomic E-state index is 11.4. The highest BCUT2D eigenvalue weighted by atomic mass is 32.2. The molecule has 0 unspecified atom stereocenters. The normalized spacial score (nSPS) is 12.2. The van der Waals surface area contributed by atoms with Gasteiger partial charge in [-0.25, -0.2) is 13.4 Å². The first kappa shape index (κ1) is 21.9. The van der Waals surface area contributed by atoms with Gasteiger partial charge in [-0.15, -0.1) is 0 Å². The second-order valence-corrected chi connectivity index (χ2v) is 8.81. The van der Waals surface area contributed by atoms with Gasteiger partial charge in [-0.2, -0.15) is 0 Å². The number of aryl methyl sites for hydroxylation is 2. The second kappa shape index (κ2) is 10.3. The van der Waals surface area contributed by atoms with E-state index in [4.69, 9.17) is 4.52 Å². The molecule has 0 radical (unpaired) electrons. The molecule has 0 atom stereocenters. The lowest BCUT2D eigenvalue weighted by Crippen LogP contribution is -2.37. The fraction of sp³-hybridized carbons (Fsp3) is 0.500. The molecule has 1 aromatic carbocycles. The van der Waals surface area contributed by atoms with E-state index in [1.54, 1.807) is 0 Å². The van der Waals surface area contributed by atoms with Crippen LogP contribution < -0.4 is 10.6 Å². The van der Waals surface area contributed by atoms with Crippen LogP contribution in [0.4, 0.5) is 0 Å². The van der Waals surface area contributed by atoms with Crippen molar-refractivity contribution in [3.63, 3.8) is 0 Å². The highest BCUT2D eigenvalue weighted by Gasteiger charge is 2.13. The van der Waals surface area contributed by atoms with Crippen molar-refractivity contribution in [1.29, 1.82) is 0 Å². The molecule has 1 heterocycles. The average molecular weight is 407 g/mol. The third kappa shape index (κ3) is 6.67. The summed E-state index contributed by atoms with van der Waals surface area (Å²) >= 11 is 0. The third-order valence-corrected chi connectivity index (χ3v) is 5.11. The number of hydrogen-bond acceptors (Lipinski definition) is 5. The summed E-state index contributed by atoms with van der Waals surface area (Å²) in [6.45, 7) is 7.99. The highest BCUT2D eigenvalue weighted by Crippen LogP contribution is 2.15. The van der Waals surface area contributed by atoms with E-state index in [2.05, 4.69) is 34.6 Å². The molecule has 2 aromatic rings. The molecule has 7 nitrogen and oxygen atoms in total. The number of aromatic nitrogens is 1. The Kier molecular flexibility index (Phi) is 8.04. The Hall–Kier alpha value is -2.35. The lowest BCUT2D eigenvalue weighted by molar-refractivity contribution is 0.380. The van der Waals surface area contributed by atoms with Crippen molar-refractivity contribution >= 4 is 15.8 Å². The van der Waals surface area contributed by atoms with Crippen LogP contribution in [-0.4, -0.2) is 32.3 Å². The van der Waals surface area contributed by atoms with E-state index in [0.29, 0.717) is 19.0 Å². The number of sulfone groups is 1. The first-order valence-electron chi connectivity index (χ1n) is 9.60. The highest BCUT2D eigenvalue weighted by molar-refractivity contribution is 7.89. The Morgan fingerprint density at radius 3 is 2.32 bits per heavy atom. The summed E-state index contributed by atoms with van der Waals surface area (Å²) in [5.74, 6) is 1.67. The molecular weight excluding hydrogens is 376 g/mol. The van der Waals surface area contributed by atoms with Gasteiger partial charge in [0.15, 0.2) is 15.8 Å². The predicted octanol–water partition coefficient (Wildman–Crippen LogP) is 2.60. The Morgan fingerprint density at radius 1 is 1.07 bits per heavy atom. The van der Waals surface area contributed by atoms with E-state index in [1.807, 2.05) is 31.2 Å².